The van der Waals surface area contributed by atoms with Crippen LogP contribution in [0.15, 0.2) is 29.3 Å². The first-order valence-electron chi connectivity index (χ1n) is 3.28. The topological polar surface area (TPSA) is 61.7 Å². The average molecular weight is 214 g/mol. The quantitative estimate of drug-likeness (QED) is 0.459. The molecule has 0 heterocycles. The lowest BCUT2D eigenvalue weighted by Crippen LogP contribution is -2.00. The Bertz CT molecular complexity index is 357. The fourth-order valence-electron chi connectivity index (χ4n) is 0.758. The van der Waals surface area contributed by atoms with Crippen molar-refractivity contribution in [3.63, 3.8) is 0 Å². The third-order valence-corrected chi connectivity index (χ3v) is 1.75. The smallest absolute Gasteiger partial charge is 0.259 e. The molecule has 1 unspecified atom stereocenters. The Labute approximate surface area is 83.1 Å². The van der Waals surface area contributed by atoms with E-state index in [1.54, 1.807) is 24.3 Å². The summed E-state index contributed by atoms with van der Waals surface area (Å²) < 4.78 is 21.1. The maximum absolute atomic E-state index is 10.3. The minimum Gasteiger partial charge on any atom is -0.289 e. The van der Waals surface area contributed by atoms with Gasteiger partial charge in [-0.1, -0.05) is 0 Å². The fraction of sp³-hybridized carbons (Fsp3) is 0. The molecule has 1 aromatic carbocycles. The van der Waals surface area contributed by atoms with Gasteiger partial charge in [-0.15, -0.1) is 0 Å². The maximum atomic E-state index is 10.3. The molecule has 1 aromatic rings. The van der Waals surface area contributed by atoms with Gasteiger partial charge in [-0.05, 0) is 36.5 Å². The number of nitrogens with zero attached hydrogens (tertiary/aromatic N) is 1. The number of nitrogens with one attached hydrogen (secondary N) is 1. The number of thiocarbonyl (C=S) groups is 1. The standard InChI is InChI=1S/C7H6N2O2S2/c10-13(11)9-7-3-1-6(2-4-7)8-5-12/h1-4,9H,(H,10,11). The Morgan fingerprint density at radius 2 is 2.08 bits per heavy atom. The summed E-state index contributed by atoms with van der Waals surface area (Å²) in [7, 11) is 0. The third-order valence-electron chi connectivity index (χ3n) is 1.25. The van der Waals surface area contributed by atoms with Gasteiger partial charge in [-0.3, -0.25) is 9.27 Å². The zero-order valence-electron chi connectivity index (χ0n) is 6.43. The van der Waals surface area contributed by atoms with Crippen LogP contribution in [0.5, 0.6) is 0 Å². The van der Waals surface area contributed by atoms with E-state index in [9.17, 15) is 4.21 Å². The summed E-state index contributed by atoms with van der Waals surface area (Å²) in [4.78, 5) is 3.73. The van der Waals surface area contributed by atoms with Gasteiger partial charge < -0.3 is 0 Å². The average Bonchev–Trinajstić information content (AvgIpc) is 2.08. The van der Waals surface area contributed by atoms with Crippen LogP contribution in [0.3, 0.4) is 0 Å². The van der Waals surface area contributed by atoms with Crippen LogP contribution in [-0.4, -0.2) is 13.9 Å². The lowest BCUT2D eigenvalue weighted by atomic mass is 10.3. The highest BCUT2D eigenvalue weighted by Gasteiger charge is 1.94. The first-order chi connectivity index (χ1) is 6.22. The molecule has 1 rings (SSSR count). The van der Waals surface area contributed by atoms with E-state index in [0.29, 0.717) is 11.4 Å². The molecular formula is C7H6N2O2S2. The zero-order valence-corrected chi connectivity index (χ0v) is 8.06. The van der Waals surface area contributed by atoms with Gasteiger partial charge in [-0.2, -0.15) is 4.99 Å². The second-order valence-electron chi connectivity index (χ2n) is 2.10. The molecule has 0 bridgehead atoms. The molecule has 0 aliphatic heterocycles. The van der Waals surface area contributed by atoms with E-state index >= 15 is 0 Å². The van der Waals surface area contributed by atoms with E-state index in [-0.39, 0.29) is 0 Å². The minimum atomic E-state index is -2.04. The predicted octanol–water partition coefficient (Wildman–Crippen LogP) is 1.97. The molecule has 0 radical (unpaired) electrons. The van der Waals surface area contributed by atoms with E-state index in [1.807, 2.05) is 0 Å². The van der Waals surface area contributed by atoms with Gasteiger partial charge in [0.15, 0.2) is 0 Å². The molecule has 2 N–H and O–H groups in total. The van der Waals surface area contributed by atoms with Crippen molar-refractivity contribution in [1.82, 2.24) is 0 Å². The summed E-state index contributed by atoms with van der Waals surface area (Å²) >= 11 is 2.37. The second-order valence-corrected chi connectivity index (χ2v) is 2.99. The summed E-state index contributed by atoms with van der Waals surface area (Å²) in [6.07, 6.45) is 0. The number of hydrogen-bond donors (Lipinski definition) is 2. The number of rotatable bonds is 3. The number of isothiocyanates is 1. The lowest BCUT2D eigenvalue weighted by Gasteiger charge is -1.99. The van der Waals surface area contributed by atoms with Gasteiger partial charge in [-0.25, -0.2) is 4.21 Å². The van der Waals surface area contributed by atoms with Crippen LogP contribution >= 0.6 is 12.2 Å². The summed E-state index contributed by atoms with van der Waals surface area (Å²) in [5.41, 5.74) is 1.20. The summed E-state index contributed by atoms with van der Waals surface area (Å²) in [6.45, 7) is 0. The molecule has 13 heavy (non-hydrogen) atoms. The molecule has 0 saturated heterocycles. The maximum Gasteiger partial charge on any atom is 0.259 e. The van der Waals surface area contributed by atoms with Crippen LogP contribution in [0.2, 0.25) is 0 Å². The second kappa shape index (κ2) is 4.84. The molecule has 0 aromatic heterocycles. The predicted molar refractivity (Wildman–Crippen MR) is 55.5 cm³/mol. The highest BCUT2D eigenvalue weighted by molar-refractivity contribution is 7.80. The molecule has 1 atom stereocenters. The lowest BCUT2D eigenvalue weighted by molar-refractivity contribution is 0.570. The van der Waals surface area contributed by atoms with Gasteiger partial charge in [0.05, 0.1) is 10.8 Å². The van der Waals surface area contributed by atoms with Crippen molar-refractivity contribution in [3.05, 3.63) is 24.3 Å². The van der Waals surface area contributed by atoms with E-state index in [0.717, 1.165) is 0 Å². The van der Waals surface area contributed by atoms with Crippen LogP contribution in [0.25, 0.3) is 0 Å². The van der Waals surface area contributed by atoms with Crippen LogP contribution in [0.1, 0.15) is 0 Å². The highest BCUT2D eigenvalue weighted by Crippen LogP contribution is 2.15. The SMILES string of the molecule is O=S(O)Nc1ccc(N=C=S)cc1. The summed E-state index contributed by atoms with van der Waals surface area (Å²) in [6, 6.07) is 6.57. The zero-order chi connectivity index (χ0) is 9.68. The van der Waals surface area contributed by atoms with Gasteiger partial charge in [0.2, 0.25) is 0 Å². The number of benzene rings is 1. The molecule has 0 aliphatic carbocycles. The van der Waals surface area contributed by atoms with Crippen molar-refractivity contribution >= 4 is 40.0 Å². The first-order valence-corrected chi connectivity index (χ1v) is 4.79. The molecular weight excluding hydrogens is 208 g/mol. The minimum absolute atomic E-state index is 0.546. The van der Waals surface area contributed by atoms with Gasteiger partial charge in [0.1, 0.15) is 0 Å². The molecule has 0 spiro atoms. The van der Waals surface area contributed by atoms with E-state index in [4.69, 9.17) is 4.55 Å². The summed E-state index contributed by atoms with van der Waals surface area (Å²) in [5.74, 6) is 0. The van der Waals surface area contributed by atoms with E-state index in [1.165, 1.54) is 0 Å². The van der Waals surface area contributed by atoms with Crippen molar-refractivity contribution in [2.45, 2.75) is 0 Å². The van der Waals surface area contributed by atoms with Crippen molar-refractivity contribution in [2.24, 2.45) is 4.99 Å². The Morgan fingerprint density at radius 1 is 1.46 bits per heavy atom. The Balaban J connectivity index is 2.80. The van der Waals surface area contributed by atoms with Gasteiger partial charge in [0, 0.05) is 5.69 Å². The van der Waals surface area contributed by atoms with Crippen LogP contribution < -0.4 is 4.72 Å². The molecule has 68 valence electrons. The van der Waals surface area contributed by atoms with Crippen molar-refractivity contribution in [2.75, 3.05) is 4.72 Å². The Hall–Kier alpha value is -1.07. The Kier molecular flexibility index (Phi) is 3.72. The van der Waals surface area contributed by atoms with Crippen LogP contribution in [-0.2, 0) is 11.3 Å². The molecule has 0 aliphatic rings. The third kappa shape index (κ3) is 3.43. The molecule has 6 heteroatoms. The largest absolute Gasteiger partial charge is 0.289 e. The Morgan fingerprint density at radius 3 is 2.54 bits per heavy atom. The first kappa shape index (κ1) is 10.0. The monoisotopic (exact) mass is 214 g/mol. The van der Waals surface area contributed by atoms with Crippen molar-refractivity contribution in [3.8, 4) is 0 Å². The van der Waals surface area contributed by atoms with Crippen molar-refractivity contribution < 1.29 is 8.76 Å². The highest BCUT2D eigenvalue weighted by atomic mass is 32.2. The number of aliphatic imine (C=N–C) groups is 1. The van der Waals surface area contributed by atoms with Crippen LogP contribution in [0.4, 0.5) is 11.4 Å². The molecule has 0 saturated carbocycles. The van der Waals surface area contributed by atoms with E-state index in [2.05, 4.69) is 27.1 Å². The summed E-state index contributed by atoms with van der Waals surface area (Å²) in [5, 5.41) is 2.22. The number of anilines is 1. The molecule has 0 fully saturated rings. The van der Waals surface area contributed by atoms with Crippen LogP contribution in [0, 0.1) is 0 Å². The van der Waals surface area contributed by atoms with Gasteiger partial charge >= 0.3 is 0 Å². The normalized spacial score (nSPS) is 11.5. The van der Waals surface area contributed by atoms with Gasteiger partial charge in [0.25, 0.3) is 11.3 Å². The van der Waals surface area contributed by atoms with Crippen molar-refractivity contribution in [1.29, 1.82) is 0 Å². The molecule has 4 nitrogen and oxygen atoms in total. The van der Waals surface area contributed by atoms with E-state index < -0.39 is 11.3 Å². The molecule has 0 amide bonds. The fourth-order valence-corrected chi connectivity index (χ4v) is 1.20. The number of hydrogen-bond acceptors (Lipinski definition) is 3.